The number of anilines is 1. The molecule has 0 saturated heterocycles. The number of imidazole rings is 1. The van der Waals surface area contributed by atoms with Gasteiger partial charge in [0.05, 0.1) is 22.3 Å². The number of aromatic carboxylic acids is 1. The van der Waals surface area contributed by atoms with Gasteiger partial charge in [-0.2, -0.15) is 0 Å². The molecule has 2 aromatic heterocycles. The Balaban J connectivity index is 2.20. The van der Waals surface area contributed by atoms with E-state index in [-0.39, 0.29) is 18.1 Å². The molecule has 0 aliphatic carbocycles. The number of carboxylic acid groups (broad SMARTS) is 1. The van der Waals surface area contributed by atoms with Crippen LogP contribution in [0.2, 0.25) is 0 Å². The molecule has 0 fully saturated rings. The number of ether oxygens (including phenoxy) is 1. The van der Waals surface area contributed by atoms with E-state index < -0.39 is 5.97 Å². The van der Waals surface area contributed by atoms with Crippen molar-refractivity contribution in [2.45, 2.75) is 0 Å². The van der Waals surface area contributed by atoms with E-state index in [1.54, 1.807) is 30.1 Å². The number of hydrogen-bond donors (Lipinski definition) is 2. The van der Waals surface area contributed by atoms with Gasteiger partial charge in [-0.15, -0.1) is 0 Å². The van der Waals surface area contributed by atoms with Crippen LogP contribution < -0.4 is 5.32 Å². The van der Waals surface area contributed by atoms with E-state index in [1.807, 2.05) is 6.07 Å². The second-order valence-electron chi connectivity index (χ2n) is 5.41. The number of nitrogens with one attached hydrogen (secondary N) is 1. The van der Waals surface area contributed by atoms with Gasteiger partial charge in [-0.1, -0.05) is 0 Å². The first-order valence-electron chi connectivity index (χ1n) is 7.44. The summed E-state index contributed by atoms with van der Waals surface area (Å²) in [6, 6.07) is 6.53. The van der Waals surface area contributed by atoms with Gasteiger partial charge in [0.15, 0.2) is 0 Å². The first kappa shape index (κ1) is 16.6. The zero-order valence-corrected chi connectivity index (χ0v) is 13.7. The predicted octanol–water partition coefficient (Wildman–Crippen LogP) is 1.92. The van der Waals surface area contributed by atoms with Crippen molar-refractivity contribution in [3.63, 3.8) is 0 Å². The molecular formula is C17H16N4O4. The van der Waals surface area contributed by atoms with Crippen molar-refractivity contribution in [3.8, 4) is 11.4 Å². The fourth-order valence-corrected chi connectivity index (χ4v) is 2.64. The Morgan fingerprint density at radius 3 is 2.80 bits per heavy atom. The number of carboxylic acids is 1. The molecule has 0 unspecified atom stereocenters. The van der Waals surface area contributed by atoms with Crippen LogP contribution in [0.5, 0.6) is 0 Å². The molecule has 0 spiro atoms. The third-order valence-corrected chi connectivity index (χ3v) is 3.69. The summed E-state index contributed by atoms with van der Waals surface area (Å²) in [6.07, 6.45) is 3.33. The highest BCUT2D eigenvalue weighted by molar-refractivity contribution is 6.04. The van der Waals surface area contributed by atoms with Gasteiger partial charge in [0.25, 0.3) is 0 Å². The smallest absolute Gasteiger partial charge is 0.335 e. The number of hydrogen-bond acceptors (Lipinski definition) is 5. The quantitative estimate of drug-likeness (QED) is 0.735. The maximum atomic E-state index is 11.9. The Morgan fingerprint density at radius 1 is 1.36 bits per heavy atom. The number of aromatic nitrogens is 3. The number of rotatable bonds is 5. The summed E-state index contributed by atoms with van der Waals surface area (Å²) in [6.45, 7) is -0.133. The Labute approximate surface area is 143 Å². The molecule has 0 saturated carbocycles. The number of benzene rings is 1. The molecule has 0 aliphatic heterocycles. The third kappa shape index (κ3) is 3.20. The van der Waals surface area contributed by atoms with E-state index in [2.05, 4.69) is 15.3 Å². The third-order valence-electron chi connectivity index (χ3n) is 3.69. The van der Waals surface area contributed by atoms with Gasteiger partial charge in [-0.05, 0) is 24.3 Å². The van der Waals surface area contributed by atoms with E-state index in [0.717, 1.165) is 5.56 Å². The molecule has 0 atom stereocenters. The predicted molar refractivity (Wildman–Crippen MR) is 91.4 cm³/mol. The molecule has 3 aromatic rings. The molecule has 2 N–H and O–H groups in total. The number of nitrogens with zero attached hydrogens (tertiary/aromatic N) is 3. The average molecular weight is 340 g/mol. The van der Waals surface area contributed by atoms with Crippen molar-refractivity contribution < 1.29 is 19.4 Å². The van der Waals surface area contributed by atoms with Gasteiger partial charge < -0.3 is 19.7 Å². The van der Waals surface area contributed by atoms with Gasteiger partial charge in [-0.3, -0.25) is 9.78 Å². The van der Waals surface area contributed by atoms with E-state index in [0.29, 0.717) is 22.5 Å². The maximum Gasteiger partial charge on any atom is 0.335 e. The highest BCUT2D eigenvalue weighted by atomic mass is 16.5. The molecule has 8 heteroatoms. The Kier molecular flexibility index (Phi) is 4.44. The Bertz CT molecular complexity index is 950. The summed E-state index contributed by atoms with van der Waals surface area (Å²) in [4.78, 5) is 31.9. The van der Waals surface area contributed by atoms with Gasteiger partial charge in [0.2, 0.25) is 5.91 Å². The lowest BCUT2D eigenvalue weighted by molar-refractivity contribution is -0.119. The topological polar surface area (TPSA) is 106 Å². The van der Waals surface area contributed by atoms with E-state index >= 15 is 0 Å². The van der Waals surface area contributed by atoms with Crippen LogP contribution >= 0.6 is 0 Å². The fourth-order valence-electron chi connectivity index (χ4n) is 2.64. The minimum absolute atomic E-state index is 0.0380. The van der Waals surface area contributed by atoms with Gasteiger partial charge in [0.1, 0.15) is 12.4 Å². The van der Waals surface area contributed by atoms with Gasteiger partial charge in [0, 0.05) is 32.1 Å². The molecule has 3 rings (SSSR count). The number of pyridine rings is 1. The highest BCUT2D eigenvalue weighted by Gasteiger charge is 2.18. The van der Waals surface area contributed by atoms with Crippen LogP contribution in [0.1, 0.15) is 10.4 Å². The van der Waals surface area contributed by atoms with E-state index in [4.69, 9.17) is 4.74 Å². The van der Waals surface area contributed by atoms with Crippen LogP contribution in [-0.2, 0) is 16.6 Å². The molecule has 1 amide bonds. The number of amides is 1. The summed E-state index contributed by atoms with van der Waals surface area (Å²) in [5, 5.41) is 12.0. The molecule has 0 aliphatic rings. The zero-order valence-electron chi connectivity index (χ0n) is 13.7. The number of aryl methyl sites for hydroxylation is 1. The summed E-state index contributed by atoms with van der Waals surface area (Å²) in [5.74, 6) is -0.860. The van der Waals surface area contributed by atoms with Crippen LogP contribution in [-0.4, -0.2) is 45.2 Å². The summed E-state index contributed by atoms with van der Waals surface area (Å²) < 4.78 is 6.60. The number of methoxy groups -OCH3 is 1. The fraction of sp³-hybridized carbons (Fsp3) is 0.176. The van der Waals surface area contributed by atoms with Crippen molar-refractivity contribution in [1.82, 2.24) is 14.5 Å². The number of carbonyl (C=O) groups excluding carboxylic acids is 1. The van der Waals surface area contributed by atoms with Crippen molar-refractivity contribution in [2.24, 2.45) is 7.05 Å². The minimum atomic E-state index is -1.10. The van der Waals surface area contributed by atoms with Crippen molar-refractivity contribution >= 4 is 28.6 Å². The molecule has 0 radical (unpaired) electrons. The molecule has 0 bridgehead atoms. The first-order chi connectivity index (χ1) is 12.0. The molecular weight excluding hydrogens is 324 g/mol. The standard InChI is InChI=1S/C17H16N4O4/c1-21-15-12(19-14(22)9-25-2)6-11(17(23)24)7-13(15)20-16(21)10-4-3-5-18-8-10/h3-8H,9H2,1-2H3,(H,19,22)(H,23,24). The van der Waals surface area contributed by atoms with Gasteiger partial charge in [-0.25, -0.2) is 9.78 Å². The van der Waals surface area contributed by atoms with Crippen LogP contribution in [0.15, 0.2) is 36.7 Å². The normalized spacial score (nSPS) is 10.8. The summed E-state index contributed by atoms with van der Waals surface area (Å²) >= 11 is 0. The Hall–Kier alpha value is -3.26. The molecule has 2 heterocycles. The van der Waals surface area contributed by atoms with Crippen LogP contribution in [0.3, 0.4) is 0 Å². The van der Waals surface area contributed by atoms with Crippen molar-refractivity contribution in [3.05, 3.63) is 42.2 Å². The lowest BCUT2D eigenvalue weighted by atomic mass is 10.1. The van der Waals surface area contributed by atoms with Crippen molar-refractivity contribution in [1.29, 1.82) is 0 Å². The number of carbonyl (C=O) groups is 2. The van der Waals surface area contributed by atoms with E-state index in [1.165, 1.54) is 19.2 Å². The maximum absolute atomic E-state index is 11.9. The SMILES string of the molecule is COCC(=O)Nc1cc(C(=O)O)cc2nc(-c3cccnc3)n(C)c12. The summed E-state index contributed by atoms with van der Waals surface area (Å²) in [7, 11) is 3.21. The average Bonchev–Trinajstić information content (AvgIpc) is 2.93. The highest BCUT2D eigenvalue weighted by Crippen LogP contribution is 2.30. The van der Waals surface area contributed by atoms with Crippen LogP contribution in [0.4, 0.5) is 5.69 Å². The molecule has 25 heavy (non-hydrogen) atoms. The zero-order chi connectivity index (χ0) is 18.0. The van der Waals surface area contributed by atoms with E-state index in [9.17, 15) is 14.7 Å². The summed E-state index contributed by atoms with van der Waals surface area (Å²) in [5.41, 5.74) is 2.27. The minimum Gasteiger partial charge on any atom is -0.478 e. The van der Waals surface area contributed by atoms with Crippen LogP contribution in [0, 0.1) is 0 Å². The molecule has 8 nitrogen and oxygen atoms in total. The number of fused-ring (bicyclic) bond motifs is 1. The van der Waals surface area contributed by atoms with Gasteiger partial charge >= 0.3 is 5.97 Å². The monoisotopic (exact) mass is 340 g/mol. The lowest BCUT2D eigenvalue weighted by Crippen LogP contribution is -2.18. The van der Waals surface area contributed by atoms with Crippen LogP contribution in [0.25, 0.3) is 22.4 Å². The van der Waals surface area contributed by atoms with Crippen molar-refractivity contribution in [2.75, 3.05) is 19.0 Å². The molecule has 1 aromatic carbocycles. The molecule has 128 valence electrons. The first-order valence-corrected chi connectivity index (χ1v) is 7.44. The second kappa shape index (κ2) is 6.70. The Morgan fingerprint density at radius 2 is 2.16 bits per heavy atom. The largest absolute Gasteiger partial charge is 0.478 e. The second-order valence-corrected chi connectivity index (χ2v) is 5.41. The lowest BCUT2D eigenvalue weighted by Gasteiger charge is -2.09.